The van der Waals surface area contributed by atoms with Crippen molar-refractivity contribution in [1.82, 2.24) is 9.97 Å². The van der Waals surface area contributed by atoms with Gasteiger partial charge in [-0.15, -0.1) is 0 Å². The second kappa shape index (κ2) is 7.76. The number of halogens is 1. The van der Waals surface area contributed by atoms with Crippen molar-refractivity contribution < 1.29 is 4.79 Å². The minimum absolute atomic E-state index is 0.162. The lowest BCUT2D eigenvalue weighted by atomic mass is 10.1. The van der Waals surface area contributed by atoms with E-state index >= 15 is 0 Å². The van der Waals surface area contributed by atoms with Gasteiger partial charge in [0.05, 0.1) is 0 Å². The van der Waals surface area contributed by atoms with Gasteiger partial charge in [0.1, 0.15) is 0 Å². The maximum absolute atomic E-state index is 12.4. The van der Waals surface area contributed by atoms with Crippen LogP contribution < -0.4 is 10.2 Å². The Morgan fingerprint density at radius 2 is 1.52 bits per heavy atom. The number of hydrogen-bond donors (Lipinski definition) is 1. The standard InChI is InChI=1S/C21H19ClN4O/c22-18-7-9-19(10-8-18)25-20(27)16-5-3-15(4-6-16)17-13-23-21(24-14-17)26-11-1-2-12-26/h3-10,13-14H,1-2,11-12H2,(H,25,27). The van der Waals surface area contributed by atoms with E-state index in [2.05, 4.69) is 20.2 Å². The van der Waals surface area contributed by atoms with E-state index < -0.39 is 0 Å². The van der Waals surface area contributed by atoms with Gasteiger partial charge < -0.3 is 10.2 Å². The zero-order valence-corrected chi connectivity index (χ0v) is 15.5. The molecule has 0 radical (unpaired) electrons. The normalized spacial score (nSPS) is 13.6. The van der Waals surface area contributed by atoms with Gasteiger partial charge in [0, 0.05) is 47.3 Å². The van der Waals surface area contributed by atoms with Gasteiger partial charge in [0.2, 0.25) is 5.95 Å². The average molecular weight is 379 g/mol. The summed E-state index contributed by atoms with van der Waals surface area (Å²) in [5.41, 5.74) is 3.20. The van der Waals surface area contributed by atoms with Crippen molar-refractivity contribution in [2.24, 2.45) is 0 Å². The number of hydrogen-bond acceptors (Lipinski definition) is 4. The van der Waals surface area contributed by atoms with Crippen LogP contribution in [0.25, 0.3) is 11.1 Å². The number of benzene rings is 2. The molecule has 0 spiro atoms. The molecule has 0 unspecified atom stereocenters. The van der Waals surface area contributed by atoms with Crippen molar-refractivity contribution >= 4 is 29.1 Å². The fourth-order valence-electron chi connectivity index (χ4n) is 3.10. The SMILES string of the molecule is O=C(Nc1ccc(Cl)cc1)c1ccc(-c2cnc(N3CCCC3)nc2)cc1. The van der Waals surface area contributed by atoms with E-state index in [1.54, 1.807) is 36.4 Å². The lowest BCUT2D eigenvalue weighted by molar-refractivity contribution is 0.102. The third-order valence-electron chi connectivity index (χ3n) is 4.61. The monoisotopic (exact) mass is 378 g/mol. The molecule has 3 aromatic rings. The quantitative estimate of drug-likeness (QED) is 0.718. The summed E-state index contributed by atoms with van der Waals surface area (Å²) in [7, 11) is 0. The highest BCUT2D eigenvalue weighted by molar-refractivity contribution is 6.30. The van der Waals surface area contributed by atoms with Crippen LogP contribution >= 0.6 is 11.6 Å². The van der Waals surface area contributed by atoms with Gasteiger partial charge in [-0.1, -0.05) is 23.7 Å². The molecule has 2 aromatic carbocycles. The summed E-state index contributed by atoms with van der Waals surface area (Å²) >= 11 is 5.86. The summed E-state index contributed by atoms with van der Waals surface area (Å²) in [6.07, 6.45) is 6.07. The second-order valence-corrected chi connectivity index (χ2v) is 6.94. The Labute approximate surface area is 163 Å². The summed E-state index contributed by atoms with van der Waals surface area (Å²) in [6, 6.07) is 14.4. The van der Waals surface area contributed by atoms with Gasteiger partial charge >= 0.3 is 0 Å². The molecule has 1 aliphatic heterocycles. The Hall–Kier alpha value is -2.92. The maximum Gasteiger partial charge on any atom is 0.255 e. The smallest absolute Gasteiger partial charge is 0.255 e. The third kappa shape index (κ3) is 4.09. The number of aromatic nitrogens is 2. The van der Waals surface area contributed by atoms with E-state index in [9.17, 15) is 4.79 Å². The van der Waals surface area contributed by atoms with Crippen molar-refractivity contribution in [3.05, 3.63) is 71.5 Å². The van der Waals surface area contributed by atoms with Gasteiger partial charge in [-0.25, -0.2) is 9.97 Å². The Morgan fingerprint density at radius 1 is 0.889 bits per heavy atom. The molecule has 1 amide bonds. The maximum atomic E-state index is 12.4. The molecular formula is C21H19ClN4O. The predicted octanol–water partition coefficient (Wildman–Crippen LogP) is 4.65. The van der Waals surface area contributed by atoms with E-state index in [-0.39, 0.29) is 5.91 Å². The Kier molecular flexibility index (Phi) is 5.03. The van der Waals surface area contributed by atoms with Crippen LogP contribution in [0.3, 0.4) is 0 Å². The van der Waals surface area contributed by atoms with E-state index in [0.717, 1.165) is 30.2 Å². The van der Waals surface area contributed by atoms with Crippen LogP contribution in [0.4, 0.5) is 11.6 Å². The van der Waals surface area contributed by atoms with E-state index in [0.29, 0.717) is 16.3 Å². The molecule has 5 nitrogen and oxygen atoms in total. The number of nitrogens with one attached hydrogen (secondary N) is 1. The van der Waals surface area contributed by atoms with Gasteiger partial charge in [0.15, 0.2) is 0 Å². The highest BCUT2D eigenvalue weighted by Gasteiger charge is 2.14. The van der Waals surface area contributed by atoms with Gasteiger partial charge in [-0.05, 0) is 54.8 Å². The van der Waals surface area contributed by atoms with Crippen LogP contribution in [0.1, 0.15) is 23.2 Å². The van der Waals surface area contributed by atoms with Crippen molar-refractivity contribution in [1.29, 1.82) is 0 Å². The molecule has 4 rings (SSSR count). The van der Waals surface area contributed by atoms with Crippen LogP contribution in [0, 0.1) is 0 Å². The molecule has 1 fully saturated rings. The highest BCUT2D eigenvalue weighted by atomic mass is 35.5. The molecule has 0 bridgehead atoms. The minimum Gasteiger partial charge on any atom is -0.341 e. The first-order valence-corrected chi connectivity index (χ1v) is 9.31. The first kappa shape index (κ1) is 17.5. The first-order chi connectivity index (χ1) is 13.2. The number of carbonyl (C=O) groups excluding carboxylic acids is 1. The average Bonchev–Trinajstić information content (AvgIpc) is 3.25. The predicted molar refractivity (Wildman–Crippen MR) is 108 cm³/mol. The zero-order valence-electron chi connectivity index (χ0n) is 14.7. The molecule has 1 aromatic heterocycles. The van der Waals surface area contributed by atoms with E-state index in [1.165, 1.54) is 12.8 Å². The molecule has 0 aliphatic carbocycles. The summed E-state index contributed by atoms with van der Waals surface area (Å²) in [5.74, 6) is 0.625. The molecule has 2 heterocycles. The summed E-state index contributed by atoms with van der Waals surface area (Å²) in [5, 5.41) is 3.49. The van der Waals surface area contributed by atoms with Crippen LogP contribution in [0.15, 0.2) is 60.9 Å². The largest absolute Gasteiger partial charge is 0.341 e. The Morgan fingerprint density at radius 3 is 2.15 bits per heavy atom. The fraction of sp³-hybridized carbons (Fsp3) is 0.190. The molecule has 0 atom stereocenters. The third-order valence-corrected chi connectivity index (χ3v) is 4.86. The number of carbonyl (C=O) groups is 1. The Balaban J connectivity index is 1.45. The number of rotatable bonds is 4. The molecule has 136 valence electrons. The van der Waals surface area contributed by atoms with E-state index in [4.69, 9.17) is 11.6 Å². The van der Waals surface area contributed by atoms with Gasteiger partial charge in [-0.3, -0.25) is 4.79 Å². The molecule has 1 saturated heterocycles. The van der Waals surface area contributed by atoms with Gasteiger partial charge in [0.25, 0.3) is 5.91 Å². The highest BCUT2D eigenvalue weighted by Crippen LogP contribution is 2.22. The van der Waals surface area contributed by atoms with Gasteiger partial charge in [-0.2, -0.15) is 0 Å². The summed E-state index contributed by atoms with van der Waals surface area (Å²) in [4.78, 5) is 23.5. The Bertz CT molecular complexity index is 918. The van der Waals surface area contributed by atoms with Crippen LogP contribution in [-0.2, 0) is 0 Å². The van der Waals surface area contributed by atoms with Crippen LogP contribution in [0.5, 0.6) is 0 Å². The molecule has 1 N–H and O–H groups in total. The van der Waals surface area contributed by atoms with Crippen molar-refractivity contribution in [3.8, 4) is 11.1 Å². The lowest BCUT2D eigenvalue weighted by Gasteiger charge is -2.14. The second-order valence-electron chi connectivity index (χ2n) is 6.50. The number of nitrogens with zero attached hydrogens (tertiary/aromatic N) is 3. The number of anilines is 2. The molecular weight excluding hydrogens is 360 g/mol. The van der Waals surface area contributed by atoms with Crippen LogP contribution in [-0.4, -0.2) is 29.0 Å². The molecule has 0 saturated carbocycles. The molecule has 6 heteroatoms. The molecule has 27 heavy (non-hydrogen) atoms. The fourth-order valence-corrected chi connectivity index (χ4v) is 3.23. The lowest BCUT2D eigenvalue weighted by Crippen LogP contribution is -2.20. The summed E-state index contributed by atoms with van der Waals surface area (Å²) < 4.78 is 0. The topological polar surface area (TPSA) is 58.1 Å². The zero-order chi connectivity index (χ0) is 18.6. The summed E-state index contributed by atoms with van der Waals surface area (Å²) in [6.45, 7) is 2.05. The van der Waals surface area contributed by atoms with Crippen molar-refractivity contribution in [2.75, 3.05) is 23.3 Å². The van der Waals surface area contributed by atoms with E-state index in [1.807, 2.05) is 24.5 Å². The minimum atomic E-state index is -0.162. The number of amides is 1. The van der Waals surface area contributed by atoms with Crippen molar-refractivity contribution in [2.45, 2.75) is 12.8 Å². The van der Waals surface area contributed by atoms with Crippen LogP contribution in [0.2, 0.25) is 5.02 Å². The molecule has 1 aliphatic rings. The first-order valence-electron chi connectivity index (χ1n) is 8.93. The van der Waals surface area contributed by atoms with Crippen molar-refractivity contribution in [3.63, 3.8) is 0 Å².